The third-order valence-corrected chi connectivity index (χ3v) is 6.75. The number of rotatable bonds is 21. The number of benzene rings is 1. The summed E-state index contributed by atoms with van der Waals surface area (Å²) in [4.78, 5) is 15.1. The summed E-state index contributed by atoms with van der Waals surface area (Å²) in [5, 5.41) is 10.2. The Morgan fingerprint density at radius 1 is 0.829 bits per heavy atom. The Labute approximate surface area is 213 Å². The molecule has 5 heteroatoms. The molecule has 0 saturated heterocycles. The highest BCUT2D eigenvalue weighted by atomic mass is 16.5. The van der Waals surface area contributed by atoms with E-state index in [1.165, 1.54) is 103 Å². The number of aldehydes is 1. The number of nitrogens with zero attached hydrogens (tertiary/aromatic N) is 2. The van der Waals surface area contributed by atoms with E-state index in [0.717, 1.165) is 17.9 Å². The first kappa shape index (κ1) is 28.9. The fourth-order valence-corrected chi connectivity index (χ4v) is 4.66. The second-order valence-electron chi connectivity index (χ2n) is 9.82. The Balaban J connectivity index is 1.45. The fourth-order valence-electron chi connectivity index (χ4n) is 4.66. The Kier molecular flexibility index (Phi) is 14.9. The molecule has 0 aliphatic heterocycles. The zero-order chi connectivity index (χ0) is 25.1. The number of hydrogen-bond donors (Lipinski definition) is 1. The average Bonchev–Trinajstić information content (AvgIpc) is 3.16. The molecular weight excluding hydrogens is 436 g/mol. The molecule has 0 amide bonds. The number of unbranched alkanes of at least 4 members (excludes halogenated alkanes) is 16. The highest BCUT2D eigenvalue weighted by Crippen LogP contribution is 2.26. The van der Waals surface area contributed by atoms with Gasteiger partial charge in [0.05, 0.1) is 12.3 Å². The van der Waals surface area contributed by atoms with E-state index >= 15 is 0 Å². The molecule has 1 N–H and O–H groups in total. The van der Waals surface area contributed by atoms with E-state index in [4.69, 9.17) is 4.74 Å². The average molecular weight is 485 g/mol. The quantitative estimate of drug-likeness (QED) is 0.142. The van der Waals surface area contributed by atoms with E-state index in [2.05, 4.69) is 11.9 Å². The van der Waals surface area contributed by atoms with Crippen LogP contribution in [0.4, 0.5) is 0 Å². The van der Waals surface area contributed by atoms with Crippen molar-refractivity contribution >= 4 is 6.29 Å². The van der Waals surface area contributed by atoms with Crippen molar-refractivity contribution in [1.82, 2.24) is 9.55 Å². The van der Waals surface area contributed by atoms with Gasteiger partial charge in [-0.3, -0.25) is 9.36 Å². The van der Waals surface area contributed by atoms with E-state index in [-0.39, 0.29) is 11.6 Å². The van der Waals surface area contributed by atoms with Gasteiger partial charge >= 0.3 is 0 Å². The van der Waals surface area contributed by atoms with Crippen molar-refractivity contribution in [2.24, 2.45) is 0 Å². The molecule has 0 aliphatic rings. The van der Waals surface area contributed by atoms with Crippen molar-refractivity contribution < 1.29 is 14.6 Å². The third kappa shape index (κ3) is 11.3. The summed E-state index contributed by atoms with van der Waals surface area (Å²) in [6.07, 6.45) is 23.8. The smallest absolute Gasteiger partial charge is 0.227 e. The maximum Gasteiger partial charge on any atom is 0.227 e. The van der Waals surface area contributed by atoms with Crippen molar-refractivity contribution in [3.63, 3.8) is 0 Å². The van der Waals surface area contributed by atoms with Crippen molar-refractivity contribution in [1.29, 1.82) is 0 Å². The highest BCUT2D eigenvalue weighted by Gasteiger charge is 2.14. The minimum atomic E-state index is -0.136. The molecule has 0 unspecified atom stereocenters. The number of carbonyl (C=O) groups excluding carboxylic acids is 1. The summed E-state index contributed by atoms with van der Waals surface area (Å²) in [6.45, 7) is 4.73. The number of aromatic hydroxyl groups is 1. The second-order valence-corrected chi connectivity index (χ2v) is 9.82. The largest absolute Gasteiger partial charge is 0.494 e. The van der Waals surface area contributed by atoms with Gasteiger partial charge in [-0.15, -0.1) is 0 Å². The van der Waals surface area contributed by atoms with Gasteiger partial charge < -0.3 is 9.84 Å². The number of imidazole rings is 1. The molecule has 0 saturated carbocycles. The Bertz CT molecular complexity index is 831. The van der Waals surface area contributed by atoms with Gasteiger partial charge in [-0.25, -0.2) is 4.98 Å². The number of hydrogen-bond acceptors (Lipinski definition) is 4. The molecule has 5 nitrogen and oxygen atoms in total. The molecule has 35 heavy (non-hydrogen) atoms. The topological polar surface area (TPSA) is 64.4 Å². The Morgan fingerprint density at radius 3 is 1.83 bits per heavy atom. The van der Waals surface area contributed by atoms with Crippen LogP contribution in [0.3, 0.4) is 0 Å². The molecule has 0 spiro atoms. The Morgan fingerprint density at radius 2 is 1.34 bits per heavy atom. The highest BCUT2D eigenvalue weighted by molar-refractivity contribution is 5.76. The van der Waals surface area contributed by atoms with E-state index in [0.29, 0.717) is 18.7 Å². The Hall–Kier alpha value is -2.30. The van der Waals surface area contributed by atoms with Crippen LogP contribution in [0.1, 0.15) is 132 Å². The molecule has 0 bridgehead atoms. The summed E-state index contributed by atoms with van der Waals surface area (Å²) in [7, 11) is 0. The minimum Gasteiger partial charge on any atom is -0.494 e. The lowest BCUT2D eigenvalue weighted by molar-refractivity contribution is 0.111. The summed E-state index contributed by atoms with van der Waals surface area (Å²) in [5.74, 6) is 1.19. The number of ether oxygens (including phenoxy) is 1. The van der Waals surface area contributed by atoms with E-state index in [1.54, 1.807) is 11.5 Å². The monoisotopic (exact) mass is 484 g/mol. The molecule has 0 fully saturated rings. The van der Waals surface area contributed by atoms with Crippen LogP contribution in [0.2, 0.25) is 0 Å². The molecule has 196 valence electrons. The van der Waals surface area contributed by atoms with Crippen molar-refractivity contribution in [2.75, 3.05) is 6.61 Å². The molecule has 1 aromatic carbocycles. The fraction of sp³-hybridized carbons (Fsp3) is 0.667. The summed E-state index contributed by atoms with van der Waals surface area (Å²) in [5.41, 5.74) is 0.790. The zero-order valence-electron chi connectivity index (χ0n) is 22.3. The van der Waals surface area contributed by atoms with Gasteiger partial charge in [-0.1, -0.05) is 116 Å². The van der Waals surface area contributed by atoms with Crippen LogP contribution in [0.15, 0.2) is 24.3 Å². The van der Waals surface area contributed by atoms with Crippen molar-refractivity contribution in [3.8, 4) is 17.3 Å². The molecule has 1 heterocycles. The van der Waals surface area contributed by atoms with Crippen molar-refractivity contribution in [2.45, 2.75) is 123 Å². The van der Waals surface area contributed by atoms with Crippen LogP contribution in [-0.4, -0.2) is 27.6 Å². The molecule has 0 atom stereocenters. The predicted molar refractivity (Wildman–Crippen MR) is 145 cm³/mol. The van der Waals surface area contributed by atoms with Gasteiger partial charge in [0.25, 0.3) is 0 Å². The van der Waals surface area contributed by atoms with Gasteiger partial charge in [-0.2, -0.15) is 0 Å². The lowest BCUT2D eigenvalue weighted by Crippen LogP contribution is -2.00. The SMILES string of the molecule is CCCCCCCCCCCCCCCCCCCOc1cccc(-n2c(C)nc(C=O)c2O)c1. The van der Waals surface area contributed by atoms with Gasteiger partial charge in [0.15, 0.2) is 12.0 Å². The van der Waals surface area contributed by atoms with Crippen LogP contribution in [0, 0.1) is 6.92 Å². The first-order valence-corrected chi connectivity index (χ1v) is 14.1. The standard InChI is InChI=1S/C30H48N2O3/c1-3-4-5-6-7-8-9-10-11-12-13-14-15-16-17-18-19-23-35-28-22-20-21-27(24-28)32-26(2)31-29(25-33)30(32)34/h20-22,24-25,34H,3-19,23H2,1-2H3. The maximum atomic E-state index is 11.0. The predicted octanol–water partition coefficient (Wildman–Crippen LogP) is 8.73. The minimum absolute atomic E-state index is 0.0531. The third-order valence-electron chi connectivity index (χ3n) is 6.75. The van der Waals surface area contributed by atoms with Crippen LogP contribution >= 0.6 is 0 Å². The van der Waals surface area contributed by atoms with Crippen LogP contribution in [0.5, 0.6) is 11.6 Å². The zero-order valence-corrected chi connectivity index (χ0v) is 22.3. The van der Waals surface area contributed by atoms with Crippen LogP contribution in [-0.2, 0) is 0 Å². The summed E-state index contributed by atoms with van der Waals surface area (Å²) < 4.78 is 7.48. The van der Waals surface area contributed by atoms with Crippen LogP contribution in [0.25, 0.3) is 5.69 Å². The molecule has 2 rings (SSSR count). The van der Waals surface area contributed by atoms with E-state index < -0.39 is 0 Å². The lowest BCUT2D eigenvalue weighted by atomic mass is 10.0. The molecule has 2 aromatic rings. The summed E-state index contributed by atoms with van der Waals surface area (Å²) >= 11 is 0. The van der Waals surface area contributed by atoms with Crippen molar-refractivity contribution in [3.05, 3.63) is 35.8 Å². The maximum absolute atomic E-state index is 11.0. The number of aryl methyl sites for hydroxylation is 1. The summed E-state index contributed by atoms with van der Waals surface area (Å²) in [6, 6.07) is 7.54. The first-order chi connectivity index (χ1) is 17.2. The molecule has 0 radical (unpaired) electrons. The van der Waals surface area contributed by atoms with Gasteiger partial charge in [0.1, 0.15) is 11.6 Å². The van der Waals surface area contributed by atoms with Gasteiger partial charge in [0, 0.05) is 6.07 Å². The van der Waals surface area contributed by atoms with Crippen LogP contribution < -0.4 is 4.74 Å². The second kappa shape index (κ2) is 18.0. The molecule has 1 aromatic heterocycles. The molecular formula is C30H48N2O3. The van der Waals surface area contributed by atoms with E-state index in [9.17, 15) is 9.90 Å². The van der Waals surface area contributed by atoms with Gasteiger partial charge in [0.2, 0.25) is 5.88 Å². The lowest BCUT2D eigenvalue weighted by Gasteiger charge is -2.10. The van der Waals surface area contributed by atoms with Gasteiger partial charge in [-0.05, 0) is 25.5 Å². The number of aromatic nitrogens is 2. The molecule has 0 aliphatic carbocycles. The number of carbonyl (C=O) groups is 1. The van der Waals surface area contributed by atoms with E-state index in [1.807, 2.05) is 24.3 Å². The normalized spacial score (nSPS) is 11.1. The first-order valence-electron chi connectivity index (χ1n) is 14.1.